The molecule has 5 aliphatic carbocycles. The fourth-order valence-corrected chi connectivity index (χ4v) is 11.7. The quantitative estimate of drug-likeness (QED) is 0.277. The van der Waals surface area contributed by atoms with Crippen LogP contribution < -0.4 is 0 Å². The van der Waals surface area contributed by atoms with E-state index in [0.29, 0.717) is 12.3 Å². The average Bonchev–Trinajstić information content (AvgIpc) is 2.88. The number of hydrogen-bond acceptors (Lipinski definition) is 7. The van der Waals surface area contributed by atoms with Gasteiger partial charge in [-0.1, -0.05) is 54.0 Å². The van der Waals surface area contributed by atoms with Gasteiger partial charge in [-0.25, -0.2) is 0 Å². The smallest absolute Gasteiger partial charge is 0.312 e. The number of rotatable bonds is 3. The van der Waals surface area contributed by atoms with E-state index in [2.05, 4.69) is 48.5 Å². The minimum atomic E-state index is -0.631. The molecule has 4 saturated carbocycles. The third kappa shape index (κ3) is 4.03. The maximum absolute atomic E-state index is 14.7. The lowest BCUT2D eigenvalue weighted by molar-refractivity contribution is -0.240. The zero-order chi connectivity index (χ0) is 31.2. The Labute approximate surface area is 251 Å². The van der Waals surface area contributed by atoms with Crippen LogP contribution in [0.1, 0.15) is 107 Å². The number of carbonyl (C=O) groups excluding carboxylic acids is 4. The second-order valence-electron chi connectivity index (χ2n) is 16.0. The molecule has 5 aliphatic rings. The minimum absolute atomic E-state index is 0.0235. The molecule has 0 radical (unpaired) electrons. The van der Waals surface area contributed by atoms with Crippen LogP contribution in [0.15, 0.2) is 11.6 Å². The number of methoxy groups -OCH3 is 1. The minimum Gasteiger partial charge on any atom is -0.469 e. The Morgan fingerprint density at radius 3 is 2.12 bits per heavy atom. The third-order valence-electron chi connectivity index (χ3n) is 13.8. The molecule has 0 N–H and O–H groups in total. The van der Waals surface area contributed by atoms with E-state index in [0.717, 1.165) is 44.1 Å². The summed E-state index contributed by atoms with van der Waals surface area (Å²) in [6.07, 6.45) is 6.34. The number of ketones is 1. The van der Waals surface area contributed by atoms with Crippen molar-refractivity contribution in [2.24, 2.45) is 56.7 Å². The second-order valence-corrected chi connectivity index (χ2v) is 16.0. The number of esters is 3. The molecule has 0 aromatic heterocycles. The van der Waals surface area contributed by atoms with Crippen molar-refractivity contribution in [1.82, 2.24) is 0 Å². The maximum Gasteiger partial charge on any atom is 0.312 e. The molecule has 42 heavy (non-hydrogen) atoms. The molecule has 0 bridgehead atoms. The molecule has 0 aromatic carbocycles. The van der Waals surface area contributed by atoms with Crippen LogP contribution in [-0.4, -0.2) is 43.0 Å². The lowest BCUT2D eigenvalue weighted by Crippen LogP contribution is -2.69. The molecule has 4 fully saturated rings. The van der Waals surface area contributed by atoms with Gasteiger partial charge in [0.05, 0.1) is 12.5 Å². The summed E-state index contributed by atoms with van der Waals surface area (Å²) in [6, 6.07) is 0. The standard InChI is InChI=1S/C35H52O7/c1-19-11-14-35(30(39)40-10)16-15-33(8)23(27(35)20(19)2)17-24(38)28-32(7)18-25(41-21(3)36)29(42-22(4)37)31(5,6)26(32)12-13-34(28,33)9/h17,19-20,25-29H,11-16,18H2,1-10H3/t19-,20+,25-,26?,27?,28?,29+,32+,33-,34-,35+/m1/s1. The van der Waals surface area contributed by atoms with Crippen molar-refractivity contribution in [3.63, 3.8) is 0 Å². The summed E-state index contributed by atoms with van der Waals surface area (Å²) in [6.45, 7) is 18.4. The van der Waals surface area contributed by atoms with E-state index in [4.69, 9.17) is 14.2 Å². The first-order chi connectivity index (χ1) is 19.4. The third-order valence-corrected chi connectivity index (χ3v) is 13.8. The molecule has 0 aliphatic heterocycles. The summed E-state index contributed by atoms with van der Waals surface area (Å²) in [7, 11) is 1.50. The Bertz CT molecular complexity index is 1220. The van der Waals surface area contributed by atoms with Gasteiger partial charge in [-0.3, -0.25) is 19.2 Å². The van der Waals surface area contributed by atoms with Crippen molar-refractivity contribution in [3.05, 3.63) is 11.6 Å². The van der Waals surface area contributed by atoms with Crippen molar-refractivity contribution < 1.29 is 33.4 Å². The van der Waals surface area contributed by atoms with Crippen LogP contribution in [0.2, 0.25) is 0 Å². The Hall–Kier alpha value is -2.18. The molecule has 0 spiro atoms. The number of carbonyl (C=O) groups is 4. The van der Waals surface area contributed by atoms with E-state index >= 15 is 0 Å². The predicted molar refractivity (Wildman–Crippen MR) is 158 cm³/mol. The van der Waals surface area contributed by atoms with Crippen molar-refractivity contribution in [3.8, 4) is 0 Å². The monoisotopic (exact) mass is 584 g/mol. The molecular weight excluding hydrogens is 532 g/mol. The van der Waals surface area contributed by atoms with Gasteiger partial charge in [0.1, 0.15) is 12.2 Å². The number of ether oxygens (including phenoxy) is 3. The van der Waals surface area contributed by atoms with E-state index in [1.807, 2.05) is 6.08 Å². The molecule has 11 atom stereocenters. The fraction of sp³-hybridized carbons (Fsp3) is 0.829. The van der Waals surface area contributed by atoms with Gasteiger partial charge in [0.25, 0.3) is 0 Å². The molecule has 0 heterocycles. The average molecular weight is 585 g/mol. The van der Waals surface area contributed by atoms with Gasteiger partial charge < -0.3 is 14.2 Å². The Balaban J connectivity index is 1.65. The van der Waals surface area contributed by atoms with Gasteiger partial charge in [0, 0.05) is 25.2 Å². The van der Waals surface area contributed by atoms with Crippen LogP contribution >= 0.6 is 0 Å². The van der Waals surface area contributed by atoms with Gasteiger partial charge in [-0.05, 0) is 90.9 Å². The van der Waals surface area contributed by atoms with Crippen LogP contribution in [0.5, 0.6) is 0 Å². The molecular formula is C35H52O7. The van der Waals surface area contributed by atoms with Crippen LogP contribution in [0.3, 0.4) is 0 Å². The van der Waals surface area contributed by atoms with Crippen molar-refractivity contribution in [2.45, 2.75) is 119 Å². The highest BCUT2D eigenvalue weighted by molar-refractivity contribution is 5.96. The molecule has 3 unspecified atom stereocenters. The normalized spacial score (nSPS) is 47.4. The second kappa shape index (κ2) is 9.92. The molecule has 7 nitrogen and oxygen atoms in total. The molecule has 234 valence electrons. The fourth-order valence-electron chi connectivity index (χ4n) is 11.7. The lowest BCUT2D eigenvalue weighted by atomic mass is 9.33. The van der Waals surface area contributed by atoms with Crippen molar-refractivity contribution >= 4 is 23.7 Å². The molecule has 0 amide bonds. The highest BCUT2D eigenvalue weighted by Gasteiger charge is 2.73. The highest BCUT2D eigenvalue weighted by atomic mass is 16.6. The van der Waals surface area contributed by atoms with Gasteiger partial charge in [-0.15, -0.1) is 0 Å². The Morgan fingerprint density at radius 1 is 0.881 bits per heavy atom. The van der Waals surface area contributed by atoms with Gasteiger partial charge >= 0.3 is 17.9 Å². The van der Waals surface area contributed by atoms with Gasteiger partial charge in [0.15, 0.2) is 5.78 Å². The summed E-state index contributed by atoms with van der Waals surface area (Å²) in [5.74, 6) is -0.305. The molecule has 0 aromatic rings. The maximum atomic E-state index is 14.7. The first kappa shape index (κ1) is 31.3. The van der Waals surface area contributed by atoms with Crippen LogP contribution in [0, 0.1) is 56.7 Å². The van der Waals surface area contributed by atoms with E-state index in [9.17, 15) is 19.2 Å². The molecule has 0 saturated heterocycles. The summed E-state index contributed by atoms with van der Waals surface area (Å²) in [5.41, 5.74) is -1.01. The first-order valence-corrected chi connectivity index (χ1v) is 16.1. The Kier molecular flexibility index (Phi) is 7.38. The summed E-state index contributed by atoms with van der Waals surface area (Å²) >= 11 is 0. The van der Waals surface area contributed by atoms with E-state index < -0.39 is 40.4 Å². The zero-order valence-electron chi connectivity index (χ0n) is 27.4. The Morgan fingerprint density at radius 2 is 1.52 bits per heavy atom. The van der Waals surface area contributed by atoms with E-state index in [1.165, 1.54) is 21.0 Å². The summed E-state index contributed by atoms with van der Waals surface area (Å²) in [5, 5.41) is 0. The number of fused-ring (bicyclic) bond motifs is 7. The van der Waals surface area contributed by atoms with Crippen molar-refractivity contribution in [2.75, 3.05) is 7.11 Å². The van der Waals surface area contributed by atoms with Crippen LogP contribution in [-0.2, 0) is 33.4 Å². The van der Waals surface area contributed by atoms with Crippen LogP contribution in [0.25, 0.3) is 0 Å². The molecule has 5 rings (SSSR count). The molecule has 7 heteroatoms. The first-order valence-electron chi connectivity index (χ1n) is 16.1. The largest absolute Gasteiger partial charge is 0.469 e. The lowest BCUT2D eigenvalue weighted by Gasteiger charge is -2.71. The number of allylic oxidation sites excluding steroid dienone is 2. The van der Waals surface area contributed by atoms with E-state index in [-0.39, 0.29) is 46.3 Å². The number of hydrogen-bond donors (Lipinski definition) is 0. The van der Waals surface area contributed by atoms with Gasteiger partial charge in [-0.2, -0.15) is 0 Å². The van der Waals surface area contributed by atoms with Crippen LogP contribution in [0.4, 0.5) is 0 Å². The SMILES string of the molecule is COC(=O)[C@]12CC[C@@H](C)[C@H](C)C1C1=CC(=O)C3[C@@]4(C)C[C@@H](OC(C)=O)[C@H](OC(C)=O)C(C)(C)C4CC[C@@]3(C)[C@]1(C)CC2. The van der Waals surface area contributed by atoms with E-state index in [1.54, 1.807) is 0 Å². The summed E-state index contributed by atoms with van der Waals surface area (Å²) in [4.78, 5) is 52.7. The predicted octanol–water partition coefficient (Wildman–Crippen LogP) is 6.47. The topological polar surface area (TPSA) is 96.0 Å². The zero-order valence-corrected chi connectivity index (χ0v) is 27.4. The highest BCUT2D eigenvalue weighted by Crippen LogP contribution is 2.75. The van der Waals surface area contributed by atoms with Gasteiger partial charge in [0.2, 0.25) is 0 Å². The van der Waals surface area contributed by atoms with Crippen molar-refractivity contribution in [1.29, 1.82) is 0 Å². The summed E-state index contributed by atoms with van der Waals surface area (Å²) < 4.78 is 17.2.